The van der Waals surface area contributed by atoms with Gasteiger partial charge in [-0.3, -0.25) is 14.5 Å². The van der Waals surface area contributed by atoms with Crippen molar-refractivity contribution in [3.05, 3.63) is 89.9 Å². The van der Waals surface area contributed by atoms with Crippen LogP contribution in [-0.4, -0.2) is 69.8 Å². The van der Waals surface area contributed by atoms with E-state index < -0.39 is 0 Å². The van der Waals surface area contributed by atoms with Crippen LogP contribution in [0.3, 0.4) is 0 Å². The second kappa shape index (κ2) is 15.6. The number of carbonyl (C=O) groups is 2. The van der Waals surface area contributed by atoms with Gasteiger partial charge >= 0.3 is 0 Å². The molecule has 3 aromatic carbocycles. The number of carbonyl (C=O) groups excluding carboxylic acids is 2. The third-order valence-corrected chi connectivity index (χ3v) is 8.45. The highest BCUT2D eigenvalue weighted by Crippen LogP contribution is 2.31. The van der Waals surface area contributed by atoms with E-state index in [4.69, 9.17) is 9.40 Å². The molecule has 10 heteroatoms. The highest BCUT2D eigenvalue weighted by molar-refractivity contribution is 5.96. The molecule has 0 radical (unpaired) electrons. The van der Waals surface area contributed by atoms with Crippen LogP contribution in [0.2, 0.25) is 0 Å². The molecule has 2 atom stereocenters. The molecule has 2 aromatic heterocycles. The first-order chi connectivity index (χ1) is 23.3. The zero-order chi connectivity index (χ0) is 34.2. The number of rotatable bonds is 11. The van der Waals surface area contributed by atoms with Crippen LogP contribution < -0.4 is 10.6 Å². The minimum Gasteiger partial charge on any atom is -0.436 e. The van der Waals surface area contributed by atoms with E-state index in [-0.39, 0.29) is 23.9 Å². The number of hydrogen-bond acceptors (Lipinski definition) is 7. The Morgan fingerprint density at radius 2 is 1.83 bits per heavy atom. The van der Waals surface area contributed by atoms with Crippen molar-refractivity contribution in [1.29, 1.82) is 0 Å². The van der Waals surface area contributed by atoms with Gasteiger partial charge in [-0.2, -0.15) is 0 Å². The molecule has 248 valence electrons. The molecule has 1 saturated heterocycles. The fourth-order valence-corrected chi connectivity index (χ4v) is 6.04. The standard InChI is InChI=1S/C36H41N7O3.C2H2/c1-5-18-43(36(45)33(42(3)4)24-10-7-6-8-11-24)22-32-39-27-16-15-25(19-30(27)40-32)31-21-38-35(46-31)26-14-13-23(2)29(20-26)41-34(44)28-12-9-17-37-28;1-2/h6-8,10-11,13-16,19-21,28,33,37H,5,9,12,17-18,22H2,1-4H3,(H,39,40)(H,41,44);1-2H/t28-,33+;/m0./s1. The molecular formula is C38H43N7O3. The van der Waals surface area contributed by atoms with Crippen molar-refractivity contribution in [3.63, 3.8) is 0 Å². The first-order valence-electron chi connectivity index (χ1n) is 16.2. The van der Waals surface area contributed by atoms with Gasteiger partial charge in [0.15, 0.2) is 5.76 Å². The predicted molar refractivity (Wildman–Crippen MR) is 190 cm³/mol. The van der Waals surface area contributed by atoms with Gasteiger partial charge in [-0.15, -0.1) is 12.8 Å². The highest BCUT2D eigenvalue weighted by atomic mass is 16.4. The molecule has 10 nitrogen and oxygen atoms in total. The second-order valence-corrected chi connectivity index (χ2v) is 12.1. The number of imidazole rings is 1. The molecule has 3 N–H and O–H groups in total. The summed E-state index contributed by atoms with van der Waals surface area (Å²) in [6.45, 7) is 5.91. The van der Waals surface area contributed by atoms with Crippen LogP contribution in [0, 0.1) is 19.8 Å². The summed E-state index contributed by atoms with van der Waals surface area (Å²) in [5.41, 5.74) is 5.98. The largest absolute Gasteiger partial charge is 0.436 e. The maximum absolute atomic E-state index is 13.8. The van der Waals surface area contributed by atoms with Gasteiger partial charge in [-0.1, -0.05) is 43.3 Å². The number of aromatic amines is 1. The van der Waals surface area contributed by atoms with Gasteiger partial charge in [-0.25, -0.2) is 9.97 Å². The maximum Gasteiger partial charge on any atom is 0.244 e. The summed E-state index contributed by atoms with van der Waals surface area (Å²) in [7, 11) is 3.86. The van der Waals surface area contributed by atoms with E-state index in [0.717, 1.165) is 70.6 Å². The summed E-state index contributed by atoms with van der Waals surface area (Å²) >= 11 is 0. The topological polar surface area (TPSA) is 119 Å². The molecule has 3 heterocycles. The minimum absolute atomic E-state index is 0.0195. The lowest BCUT2D eigenvalue weighted by molar-refractivity contribution is -0.137. The molecule has 6 rings (SSSR count). The van der Waals surface area contributed by atoms with Crippen LogP contribution in [-0.2, 0) is 16.1 Å². The molecule has 0 saturated carbocycles. The van der Waals surface area contributed by atoms with Crippen LogP contribution in [0.1, 0.15) is 49.2 Å². The number of aromatic nitrogens is 3. The maximum atomic E-state index is 13.8. The summed E-state index contributed by atoms with van der Waals surface area (Å²) in [6, 6.07) is 21.0. The zero-order valence-electron chi connectivity index (χ0n) is 28.0. The molecule has 5 aromatic rings. The van der Waals surface area contributed by atoms with Gasteiger partial charge in [0.25, 0.3) is 0 Å². The van der Waals surface area contributed by atoms with Crippen molar-refractivity contribution in [2.75, 3.05) is 32.5 Å². The first kappa shape index (κ1) is 34.1. The molecule has 1 aliphatic heterocycles. The van der Waals surface area contributed by atoms with Gasteiger partial charge in [0, 0.05) is 23.4 Å². The Morgan fingerprint density at radius 1 is 1.06 bits per heavy atom. The third kappa shape index (κ3) is 7.65. The number of H-pyrrole nitrogens is 1. The lowest BCUT2D eigenvalue weighted by Crippen LogP contribution is -2.40. The summed E-state index contributed by atoms with van der Waals surface area (Å²) in [5, 5.41) is 6.31. The second-order valence-electron chi connectivity index (χ2n) is 12.1. The summed E-state index contributed by atoms with van der Waals surface area (Å²) < 4.78 is 6.20. The Hall–Kier alpha value is -5.24. The number of terminal acetylenes is 1. The van der Waals surface area contributed by atoms with Gasteiger partial charge < -0.3 is 24.9 Å². The van der Waals surface area contributed by atoms with Crippen molar-refractivity contribution >= 4 is 28.5 Å². The minimum atomic E-state index is -0.380. The predicted octanol–water partition coefficient (Wildman–Crippen LogP) is 6.17. The average molecular weight is 646 g/mol. The molecule has 0 unspecified atom stereocenters. The molecule has 0 spiro atoms. The van der Waals surface area contributed by atoms with E-state index in [1.807, 2.05) is 97.5 Å². The van der Waals surface area contributed by atoms with Crippen LogP contribution in [0.15, 0.2) is 77.3 Å². The number of aryl methyl sites for hydroxylation is 1. The highest BCUT2D eigenvalue weighted by Gasteiger charge is 2.28. The van der Waals surface area contributed by atoms with E-state index >= 15 is 0 Å². The van der Waals surface area contributed by atoms with Gasteiger partial charge in [0.05, 0.1) is 29.8 Å². The lowest BCUT2D eigenvalue weighted by atomic mass is 10.0. The Bertz CT molecular complexity index is 1870. The van der Waals surface area contributed by atoms with Crippen LogP contribution in [0.5, 0.6) is 0 Å². The van der Waals surface area contributed by atoms with E-state index in [9.17, 15) is 9.59 Å². The summed E-state index contributed by atoms with van der Waals surface area (Å²) in [6.07, 6.45) is 12.4. The normalized spacial score (nSPS) is 14.8. The Morgan fingerprint density at radius 3 is 2.54 bits per heavy atom. The monoisotopic (exact) mass is 645 g/mol. The number of likely N-dealkylation sites (N-methyl/N-ethyl adjacent to an activating group) is 1. The Kier molecular flexibility index (Phi) is 11.1. The molecule has 2 amide bonds. The Labute approximate surface area is 282 Å². The molecule has 0 aliphatic carbocycles. The Balaban J connectivity index is 0.00000221. The van der Waals surface area contributed by atoms with E-state index in [2.05, 4.69) is 40.4 Å². The van der Waals surface area contributed by atoms with Gasteiger partial charge in [0.1, 0.15) is 11.9 Å². The molecule has 48 heavy (non-hydrogen) atoms. The number of amides is 2. The average Bonchev–Trinajstić information content (AvgIpc) is 3.88. The van der Waals surface area contributed by atoms with Crippen molar-refractivity contribution < 1.29 is 14.0 Å². The number of benzene rings is 3. The van der Waals surface area contributed by atoms with Gasteiger partial charge in [0.2, 0.25) is 17.7 Å². The van der Waals surface area contributed by atoms with Crippen molar-refractivity contribution in [3.8, 4) is 35.6 Å². The number of nitrogens with one attached hydrogen (secondary N) is 3. The van der Waals surface area contributed by atoms with Crippen molar-refractivity contribution in [2.45, 2.75) is 51.7 Å². The number of fused-ring (bicyclic) bond motifs is 1. The van der Waals surface area contributed by atoms with Crippen molar-refractivity contribution in [1.82, 2.24) is 30.1 Å². The zero-order valence-corrected chi connectivity index (χ0v) is 28.0. The molecular weight excluding hydrogens is 602 g/mol. The van der Waals surface area contributed by atoms with Gasteiger partial charge in [-0.05, 0) is 88.3 Å². The third-order valence-electron chi connectivity index (χ3n) is 8.45. The van der Waals surface area contributed by atoms with Crippen LogP contribution >= 0.6 is 0 Å². The number of nitrogens with zero attached hydrogens (tertiary/aromatic N) is 4. The van der Waals surface area contributed by atoms with E-state index in [1.165, 1.54) is 0 Å². The number of hydrogen-bond donors (Lipinski definition) is 3. The summed E-state index contributed by atoms with van der Waals surface area (Å²) in [4.78, 5) is 43.1. The first-order valence-corrected chi connectivity index (χ1v) is 16.2. The van der Waals surface area contributed by atoms with E-state index in [1.54, 1.807) is 6.20 Å². The van der Waals surface area contributed by atoms with Crippen molar-refractivity contribution in [2.24, 2.45) is 0 Å². The lowest BCUT2D eigenvalue weighted by Gasteiger charge is -2.30. The number of oxazole rings is 1. The molecule has 1 aliphatic rings. The molecule has 1 fully saturated rings. The number of anilines is 1. The van der Waals surface area contributed by atoms with Crippen LogP contribution in [0.25, 0.3) is 33.8 Å². The quantitative estimate of drug-likeness (QED) is 0.147. The summed E-state index contributed by atoms with van der Waals surface area (Å²) in [5.74, 6) is 1.84. The fourth-order valence-electron chi connectivity index (χ4n) is 6.04. The van der Waals surface area contributed by atoms with E-state index in [0.29, 0.717) is 24.7 Å². The molecule has 0 bridgehead atoms. The fraction of sp³-hybridized carbons (Fsp3) is 0.316. The SMILES string of the molecule is C#C.CCCN(Cc1nc2ccc(-c3cnc(-c4ccc(C)c(NC(=O)[C@@H]5CCCN5)c4)o3)cc2[nH]1)C(=O)[C@@H](c1ccccc1)N(C)C. The smallest absolute Gasteiger partial charge is 0.244 e. The van der Waals surface area contributed by atoms with Crippen LogP contribution in [0.4, 0.5) is 5.69 Å².